The third kappa shape index (κ3) is 5.27. The Morgan fingerprint density at radius 1 is 1.20 bits per heavy atom. The maximum atomic E-state index is 12.7. The van der Waals surface area contributed by atoms with Gasteiger partial charge in [-0.15, -0.1) is 0 Å². The summed E-state index contributed by atoms with van der Waals surface area (Å²) in [6.07, 6.45) is 4.00. The lowest BCUT2D eigenvalue weighted by Crippen LogP contribution is -2.35. The van der Waals surface area contributed by atoms with E-state index in [2.05, 4.69) is 10.4 Å². The molecule has 2 rings (SSSR count). The first-order valence-electron chi connectivity index (χ1n) is 7.11. The molecular formula is C15H21FN2O2. The fourth-order valence-corrected chi connectivity index (χ4v) is 2.31. The molecule has 0 aromatic heterocycles. The van der Waals surface area contributed by atoms with Crippen LogP contribution in [0, 0.1) is 5.82 Å². The van der Waals surface area contributed by atoms with E-state index >= 15 is 0 Å². The van der Waals surface area contributed by atoms with Gasteiger partial charge in [-0.25, -0.2) is 9.87 Å². The molecule has 110 valence electrons. The quantitative estimate of drug-likeness (QED) is 0.639. The molecule has 1 heterocycles. The van der Waals surface area contributed by atoms with E-state index in [0.29, 0.717) is 6.61 Å². The molecule has 1 fully saturated rings. The van der Waals surface area contributed by atoms with Crippen LogP contribution in [0.15, 0.2) is 24.3 Å². The van der Waals surface area contributed by atoms with Crippen LogP contribution in [0.25, 0.3) is 0 Å². The van der Waals surface area contributed by atoms with Gasteiger partial charge < -0.3 is 4.90 Å². The lowest BCUT2D eigenvalue weighted by Gasteiger charge is -2.25. The summed E-state index contributed by atoms with van der Waals surface area (Å²) in [5.74, 6) is -0.512. The number of carbonyl (C=O) groups excluding carboxylic acids is 1. The minimum absolute atomic E-state index is 0.198. The molecule has 0 atom stereocenters. The molecule has 1 N–H and O–H groups in total. The van der Waals surface area contributed by atoms with E-state index in [9.17, 15) is 9.18 Å². The number of hydroxylamine groups is 1. The van der Waals surface area contributed by atoms with Crippen LogP contribution in [0.5, 0.6) is 0 Å². The van der Waals surface area contributed by atoms with Gasteiger partial charge in [-0.1, -0.05) is 18.6 Å². The van der Waals surface area contributed by atoms with Gasteiger partial charge in [0.2, 0.25) is 5.91 Å². The van der Waals surface area contributed by atoms with E-state index in [0.717, 1.165) is 25.2 Å². The highest BCUT2D eigenvalue weighted by atomic mass is 19.1. The van der Waals surface area contributed by atoms with Gasteiger partial charge in [-0.2, -0.15) is 0 Å². The lowest BCUT2D eigenvalue weighted by molar-refractivity contribution is -0.133. The number of hydrogen-bond donors (Lipinski definition) is 1. The van der Waals surface area contributed by atoms with Crippen molar-refractivity contribution in [2.24, 2.45) is 0 Å². The fraction of sp³-hybridized carbons (Fsp3) is 0.533. The van der Waals surface area contributed by atoms with Gasteiger partial charge in [0, 0.05) is 6.54 Å². The third-order valence-corrected chi connectivity index (χ3v) is 3.42. The zero-order valence-electron chi connectivity index (χ0n) is 11.6. The van der Waals surface area contributed by atoms with Crippen molar-refractivity contribution in [1.29, 1.82) is 0 Å². The van der Waals surface area contributed by atoms with E-state index < -0.39 is 0 Å². The summed E-state index contributed by atoms with van der Waals surface area (Å²) in [5.41, 5.74) is 3.19. The van der Waals surface area contributed by atoms with Crippen LogP contribution >= 0.6 is 0 Å². The molecule has 0 unspecified atom stereocenters. The first-order chi connectivity index (χ1) is 9.74. The van der Waals surface area contributed by atoms with Crippen molar-refractivity contribution in [3.63, 3.8) is 0 Å². The van der Waals surface area contributed by atoms with Crippen molar-refractivity contribution >= 4 is 5.91 Å². The molecule has 20 heavy (non-hydrogen) atoms. The molecule has 0 bridgehead atoms. The summed E-state index contributed by atoms with van der Waals surface area (Å²) in [6, 6.07) is 5.89. The van der Waals surface area contributed by atoms with Gasteiger partial charge >= 0.3 is 0 Å². The standard InChI is InChI=1S/C15H21FN2O2/c16-14-6-4-13(5-7-14)12-15(19)17-20-11-10-18-8-2-1-3-9-18/h4-7H,1-3,8-12H2,(H,17,19). The van der Waals surface area contributed by atoms with Gasteiger partial charge in [0.25, 0.3) is 0 Å². The monoisotopic (exact) mass is 280 g/mol. The van der Waals surface area contributed by atoms with Crippen molar-refractivity contribution in [2.75, 3.05) is 26.2 Å². The molecular weight excluding hydrogens is 259 g/mol. The maximum absolute atomic E-state index is 12.7. The second kappa shape index (κ2) is 7.97. The summed E-state index contributed by atoms with van der Waals surface area (Å²) in [7, 11) is 0. The number of nitrogens with zero attached hydrogens (tertiary/aromatic N) is 1. The number of amides is 1. The highest BCUT2D eigenvalue weighted by Crippen LogP contribution is 2.07. The number of benzene rings is 1. The van der Waals surface area contributed by atoms with Crippen LogP contribution in [0.1, 0.15) is 24.8 Å². The average Bonchev–Trinajstić information content (AvgIpc) is 2.47. The van der Waals surface area contributed by atoms with E-state index in [-0.39, 0.29) is 18.1 Å². The SMILES string of the molecule is O=C(Cc1ccc(F)cc1)NOCCN1CCCCC1. The number of likely N-dealkylation sites (tertiary alicyclic amines) is 1. The van der Waals surface area contributed by atoms with Crippen LogP contribution in [0.3, 0.4) is 0 Å². The van der Waals surface area contributed by atoms with Gasteiger partial charge in [-0.3, -0.25) is 9.63 Å². The second-order valence-corrected chi connectivity index (χ2v) is 5.08. The first kappa shape index (κ1) is 14.9. The number of halogens is 1. The molecule has 0 aliphatic carbocycles. The molecule has 1 saturated heterocycles. The number of piperidine rings is 1. The van der Waals surface area contributed by atoms with Crippen LogP contribution in [-0.2, 0) is 16.1 Å². The van der Waals surface area contributed by atoms with E-state index in [1.165, 1.54) is 31.4 Å². The van der Waals surface area contributed by atoms with Gasteiger partial charge in [-0.05, 0) is 43.6 Å². The Morgan fingerprint density at radius 2 is 1.90 bits per heavy atom. The molecule has 1 aliphatic heterocycles. The second-order valence-electron chi connectivity index (χ2n) is 5.08. The largest absolute Gasteiger partial charge is 0.301 e. The predicted octanol–water partition coefficient (Wildman–Crippen LogP) is 1.90. The summed E-state index contributed by atoms with van der Waals surface area (Å²) in [6.45, 7) is 3.58. The van der Waals surface area contributed by atoms with Crippen molar-refractivity contribution in [2.45, 2.75) is 25.7 Å². The zero-order valence-corrected chi connectivity index (χ0v) is 11.6. The van der Waals surface area contributed by atoms with Crippen molar-refractivity contribution in [3.8, 4) is 0 Å². The van der Waals surface area contributed by atoms with E-state index in [1.54, 1.807) is 12.1 Å². The molecule has 1 aromatic carbocycles. The fourth-order valence-electron chi connectivity index (χ4n) is 2.31. The third-order valence-electron chi connectivity index (χ3n) is 3.42. The Labute approximate surface area is 118 Å². The van der Waals surface area contributed by atoms with Crippen molar-refractivity contribution < 1.29 is 14.0 Å². The molecule has 1 aromatic rings. The Bertz CT molecular complexity index is 416. The number of carbonyl (C=O) groups is 1. The summed E-state index contributed by atoms with van der Waals surface area (Å²) < 4.78 is 12.7. The molecule has 1 amide bonds. The number of nitrogens with one attached hydrogen (secondary N) is 1. The summed E-state index contributed by atoms with van der Waals surface area (Å²) >= 11 is 0. The lowest BCUT2D eigenvalue weighted by atomic mass is 10.1. The molecule has 0 spiro atoms. The maximum Gasteiger partial charge on any atom is 0.247 e. The van der Waals surface area contributed by atoms with Crippen LogP contribution < -0.4 is 5.48 Å². The molecule has 1 aliphatic rings. The molecule has 4 nitrogen and oxygen atoms in total. The number of rotatable bonds is 6. The Kier molecular flexibility index (Phi) is 5.95. The first-order valence-corrected chi connectivity index (χ1v) is 7.11. The predicted molar refractivity (Wildman–Crippen MR) is 74.5 cm³/mol. The summed E-state index contributed by atoms with van der Waals surface area (Å²) in [4.78, 5) is 19.1. The van der Waals surface area contributed by atoms with Crippen molar-refractivity contribution in [1.82, 2.24) is 10.4 Å². The van der Waals surface area contributed by atoms with Gasteiger partial charge in [0.05, 0.1) is 13.0 Å². The smallest absolute Gasteiger partial charge is 0.247 e. The highest BCUT2D eigenvalue weighted by molar-refractivity contribution is 5.77. The van der Waals surface area contributed by atoms with Gasteiger partial charge in [0.1, 0.15) is 5.82 Å². The molecule has 0 radical (unpaired) electrons. The molecule has 5 heteroatoms. The zero-order chi connectivity index (χ0) is 14.2. The normalized spacial score (nSPS) is 16.1. The highest BCUT2D eigenvalue weighted by Gasteiger charge is 2.09. The Balaban J connectivity index is 1.59. The van der Waals surface area contributed by atoms with E-state index in [1.807, 2.05) is 0 Å². The van der Waals surface area contributed by atoms with Crippen LogP contribution in [0.2, 0.25) is 0 Å². The minimum atomic E-state index is -0.299. The van der Waals surface area contributed by atoms with Gasteiger partial charge in [0.15, 0.2) is 0 Å². The van der Waals surface area contributed by atoms with E-state index in [4.69, 9.17) is 4.84 Å². The molecule has 0 saturated carbocycles. The Hall–Kier alpha value is -1.46. The topological polar surface area (TPSA) is 41.6 Å². The number of hydrogen-bond acceptors (Lipinski definition) is 3. The Morgan fingerprint density at radius 3 is 2.60 bits per heavy atom. The average molecular weight is 280 g/mol. The van der Waals surface area contributed by atoms with Crippen LogP contribution in [0.4, 0.5) is 4.39 Å². The van der Waals surface area contributed by atoms with Crippen molar-refractivity contribution in [3.05, 3.63) is 35.6 Å². The summed E-state index contributed by atoms with van der Waals surface area (Å²) in [5, 5.41) is 0. The minimum Gasteiger partial charge on any atom is -0.301 e. The van der Waals surface area contributed by atoms with Crippen LogP contribution in [-0.4, -0.2) is 37.0 Å².